The van der Waals surface area contributed by atoms with Crippen LogP contribution in [-0.4, -0.2) is 74.1 Å². The fourth-order valence-electron chi connectivity index (χ4n) is 3.74. The van der Waals surface area contributed by atoms with Gasteiger partial charge in [0.05, 0.1) is 6.04 Å². The molecule has 32 heavy (non-hydrogen) atoms. The van der Waals surface area contributed by atoms with Gasteiger partial charge >= 0.3 is 0 Å². The maximum Gasteiger partial charge on any atom is 0.259 e. The molecule has 1 heterocycles. The van der Waals surface area contributed by atoms with E-state index in [9.17, 15) is 9.59 Å². The van der Waals surface area contributed by atoms with Crippen LogP contribution in [0.15, 0.2) is 60.0 Å². The summed E-state index contributed by atoms with van der Waals surface area (Å²) in [5, 5.41) is 10.8. The molecule has 0 spiro atoms. The Labute approximate surface area is 194 Å². The number of rotatable bonds is 9. The first-order valence-electron chi connectivity index (χ1n) is 10.7. The van der Waals surface area contributed by atoms with Gasteiger partial charge in [-0.2, -0.15) is 0 Å². The largest absolute Gasteiger partial charge is 0.332 e. The average Bonchev–Trinajstić information content (AvgIpc) is 3.32. The third-order valence-corrected chi connectivity index (χ3v) is 6.79. The summed E-state index contributed by atoms with van der Waals surface area (Å²) in [6, 6.07) is 17.4. The summed E-state index contributed by atoms with van der Waals surface area (Å²) in [5.41, 5.74) is 1.08. The van der Waals surface area contributed by atoms with Gasteiger partial charge in [0.2, 0.25) is 5.91 Å². The molecular formula is C25H32N4O2S. The number of amides is 2. The lowest BCUT2D eigenvalue weighted by atomic mass is 10.00. The van der Waals surface area contributed by atoms with Gasteiger partial charge in [-0.3, -0.25) is 14.6 Å². The smallest absolute Gasteiger partial charge is 0.259 e. The van der Waals surface area contributed by atoms with E-state index >= 15 is 0 Å². The summed E-state index contributed by atoms with van der Waals surface area (Å²) in [7, 11) is 8.88. The second-order valence-electron chi connectivity index (χ2n) is 8.18. The average molecular weight is 453 g/mol. The summed E-state index contributed by atoms with van der Waals surface area (Å²) < 4.78 is 0. The first-order valence-corrected chi connectivity index (χ1v) is 11.6. The van der Waals surface area contributed by atoms with Gasteiger partial charge in [0.1, 0.15) is 6.04 Å². The van der Waals surface area contributed by atoms with Crippen LogP contribution in [0.5, 0.6) is 0 Å². The van der Waals surface area contributed by atoms with Gasteiger partial charge in [-0.05, 0) is 41.3 Å². The zero-order valence-corrected chi connectivity index (χ0v) is 20.2. The van der Waals surface area contributed by atoms with Crippen molar-refractivity contribution in [3.63, 3.8) is 0 Å². The maximum absolute atomic E-state index is 13.5. The van der Waals surface area contributed by atoms with E-state index in [1.807, 2.05) is 43.7 Å². The summed E-state index contributed by atoms with van der Waals surface area (Å²) in [5.74, 6) is -0.206. The van der Waals surface area contributed by atoms with Crippen LogP contribution in [0.4, 0.5) is 0 Å². The monoisotopic (exact) mass is 452 g/mol. The number of nitrogens with one attached hydrogen (secondary N) is 1. The Bertz CT molecular complexity index is 1050. The molecule has 1 N–H and O–H groups in total. The number of thiophene rings is 1. The first kappa shape index (κ1) is 23.9. The molecule has 6 nitrogen and oxygen atoms in total. The predicted molar refractivity (Wildman–Crippen MR) is 132 cm³/mol. The van der Waals surface area contributed by atoms with E-state index in [-0.39, 0.29) is 11.8 Å². The van der Waals surface area contributed by atoms with Crippen LogP contribution in [0, 0.1) is 0 Å². The van der Waals surface area contributed by atoms with Gasteiger partial charge in [0.25, 0.3) is 5.91 Å². The van der Waals surface area contributed by atoms with Crippen molar-refractivity contribution in [2.45, 2.75) is 24.9 Å². The Balaban J connectivity index is 1.81. The van der Waals surface area contributed by atoms with Gasteiger partial charge in [-0.15, -0.1) is 11.3 Å². The molecule has 0 aliphatic carbocycles. The van der Waals surface area contributed by atoms with Gasteiger partial charge in [0.15, 0.2) is 0 Å². The quantitative estimate of drug-likeness (QED) is 0.507. The van der Waals surface area contributed by atoms with Crippen LogP contribution in [0.1, 0.15) is 10.4 Å². The number of benzene rings is 2. The van der Waals surface area contributed by atoms with Crippen LogP contribution in [0.25, 0.3) is 10.8 Å². The minimum Gasteiger partial charge on any atom is -0.332 e. The first-order chi connectivity index (χ1) is 15.3. The zero-order chi connectivity index (χ0) is 23.3. The van der Waals surface area contributed by atoms with Gasteiger partial charge in [-0.1, -0.05) is 48.5 Å². The summed E-state index contributed by atoms with van der Waals surface area (Å²) in [4.78, 5) is 29.4. The fourth-order valence-corrected chi connectivity index (χ4v) is 4.48. The summed E-state index contributed by atoms with van der Waals surface area (Å²) >= 11 is 1.60. The maximum atomic E-state index is 13.5. The van der Waals surface area contributed by atoms with Crippen molar-refractivity contribution in [1.29, 1.82) is 0 Å². The molecule has 3 aromatic rings. The molecule has 0 saturated heterocycles. The number of hydrogen-bond acceptors (Lipinski definition) is 5. The van der Waals surface area contributed by atoms with Crippen LogP contribution >= 0.6 is 11.3 Å². The highest BCUT2D eigenvalue weighted by Crippen LogP contribution is 2.19. The second kappa shape index (κ2) is 10.7. The van der Waals surface area contributed by atoms with E-state index in [0.717, 1.165) is 15.8 Å². The molecule has 0 aliphatic heterocycles. The molecule has 170 valence electrons. The lowest BCUT2D eigenvalue weighted by molar-refractivity contribution is -0.152. The number of hydrogen-bond donors (Lipinski definition) is 1. The molecule has 3 rings (SSSR count). The van der Waals surface area contributed by atoms with E-state index in [4.69, 9.17) is 0 Å². The third-order valence-electron chi connectivity index (χ3n) is 5.89. The Morgan fingerprint density at radius 2 is 1.62 bits per heavy atom. The van der Waals surface area contributed by atoms with E-state index in [1.54, 1.807) is 47.4 Å². The van der Waals surface area contributed by atoms with Gasteiger partial charge in [0, 0.05) is 39.5 Å². The Hall–Kier alpha value is -2.74. The fraction of sp³-hybridized carbons (Fsp3) is 0.360. The lowest BCUT2D eigenvalue weighted by Gasteiger charge is -2.35. The van der Waals surface area contributed by atoms with Crippen LogP contribution in [0.2, 0.25) is 0 Å². The van der Waals surface area contributed by atoms with E-state index in [0.29, 0.717) is 12.8 Å². The standard InChI is InChI=1S/C25H32N4O2S/c1-26-22(16-18-12-13-19-9-6-7-10-20(19)15-18)24(30)28(4)23(17-21-11-8-14-32-21)25(31)29(5)27(2)3/h6-15,22-23,26H,16-17H2,1-5H3. The summed E-state index contributed by atoms with van der Waals surface area (Å²) in [6.07, 6.45) is 1.04. The minimum atomic E-state index is -0.582. The Morgan fingerprint density at radius 3 is 2.25 bits per heavy atom. The lowest BCUT2D eigenvalue weighted by Crippen LogP contribution is -2.56. The number of nitrogens with zero attached hydrogens (tertiary/aromatic N) is 3. The highest BCUT2D eigenvalue weighted by Gasteiger charge is 2.33. The highest BCUT2D eigenvalue weighted by molar-refractivity contribution is 7.09. The second-order valence-corrected chi connectivity index (χ2v) is 9.22. The summed E-state index contributed by atoms with van der Waals surface area (Å²) in [6.45, 7) is 0. The number of carbonyl (C=O) groups is 2. The van der Waals surface area contributed by atoms with E-state index in [2.05, 4.69) is 35.6 Å². The molecular weight excluding hydrogens is 420 g/mol. The topological polar surface area (TPSA) is 55.9 Å². The minimum absolute atomic E-state index is 0.0947. The molecule has 2 unspecified atom stereocenters. The normalized spacial score (nSPS) is 13.2. The number of carbonyl (C=O) groups excluding carboxylic acids is 2. The number of fused-ring (bicyclic) bond motifs is 1. The van der Waals surface area contributed by atoms with Gasteiger partial charge in [-0.25, -0.2) is 5.01 Å². The van der Waals surface area contributed by atoms with Gasteiger partial charge < -0.3 is 10.2 Å². The number of hydrazine groups is 1. The molecule has 2 aromatic carbocycles. The molecule has 0 saturated carbocycles. The van der Waals surface area contributed by atoms with Crippen molar-refractivity contribution < 1.29 is 9.59 Å². The van der Waals surface area contributed by atoms with Crippen molar-refractivity contribution >= 4 is 33.9 Å². The highest BCUT2D eigenvalue weighted by atomic mass is 32.1. The van der Waals surface area contributed by atoms with E-state index < -0.39 is 12.1 Å². The molecule has 0 bridgehead atoms. The molecule has 1 aromatic heterocycles. The zero-order valence-electron chi connectivity index (χ0n) is 19.4. The number of likely N-dealkylation sites (N-methyl/N-ethyl adjacent to an activating group) is 3. The SMILES string of the molecule is CNC(Cc1ccc2ccccc2c1)C(=O)N(C)C(Cc1cccs1)C(=O)N(C)N(C)C. The van der Waals surface area contributed by atoms with Crippen molar-refractivity contribution in [1.82, 2.24) is 20.2 Å². The third kappa shape index (κ3) is 5.54. The van der Waals surface area contributed by atoms with Crippen molar-refractivity contribution in [3.05, 3.63) is 70.4 Å². The van der Waals surface area contributed by atoms with E-state index in [1.165, 1.54) is 5.39 Å². The molecule has 2 amide bonds. The molecule has 0 radical (unpaired) electrons. The molecule has 0 aliphatic rings. The molecule has 0 fully saturated rings. The molecule has 2 atom stereocenters. The van der Waals surface area contributed by atoms with Crippen LogP contribution in [0.3, 0.4) is 0 Å². The van der Waals surface area contributed by atoms with Crippen LogP contribution < -0.4 is 5.32 Å². The van der Waals surface area contributed by atoms with Crippen LogP contribution in [-0.2, 0) is 22.4 Å². The van der Waals surface area contributed by atoms with Crippen molar-refractivity contribution in [2.24, 2.45) is 0 Å². The van der Waals surface area contributed by atoms with Crippen molar-refractivity contribution in [3.8, 4) is 0 Å². The van der Waals surface area contributed by atoms with Crippen molar-refractivity contribution in [2.75, 3.05) is 35.2 Å². The molecule has 7 heteroatoms. The predicted octanol–water partition coefficient (Wildman–Crippen LogP) is 3.04. The Kier molecular flexibility index (Phi) is 8.01. The Morgan fingerprint density at radius 1 is 0.906 bits per heavy atom.